The van der Waals surface area contributed by atoms with Gasteiger partial charge in [0.25, 0.3) is 0 Å². The number of pyridine rings is 2. The number of hydrogen-bond acceptors (Lipinski definition) is 4. The average Bonchev–Trinajstić information content (AvgIpc) is 3.79. The Kier molecular flexibility index (Phi) is 8.10. The van der Waals surface area contributed by atoms with Crippen molar-refractivity contribution in [3.8, 4) is 67.5 Å². The van der Waals surface area contributed by atoms with Gasteiger partial charge >= 0.3 is 0 Å². The van der Waals surface area contributed by atoms with Gasteiger partial charge in [0.2, 0.25) is 0 Å². The lowest BCUT2D eigenvalue weighted by Crippen LogP contribution is -2.01. The summed E-state index contributed by atoms with van der Waals surface area (Å²) in [7, 11) is 0. The Balaban J connectivity index is 1.08. The fourth-order valence-electron chi connectivity index (χ4n) is 8.78. The fourth-order valence-corrected chi connectivity index (χ4v) is 8.78. The van der Waals surface area contributed by atoms with Gasteiger partial charge in [0.05, 0.1) is 28.3 Å². The van der Waals surface area contributed by atoms with Crippen molar-refractivity contribution in [1.29, 1.82) is 0 Å². The summed E-state index contributed by atoms with van der Waals surface area (Å²) >= 11 is 0. The standard InChI is InChI=1S/C56H35N5/c1-3-15-38(16-4-1)49-35-61-32-31-47-51(56(61)58-49)46-21-11-12-22-48(46)57-52(47)40-27-25-39(26-28-40)50-53(44-29-23-36-13-7-9-19-42(36)33-44)59-55(41-17-5-2-6-18-41)60-54(50)45-30-24-37-14-8-10-20-43(37)34-45/h1-35H. The average molecular weight is 778 g/mol. The predicted molar refractivity (Wildman–Crippen MR) is 251 cm³/mol. The maximum atomic E-state index is 5.42. The summed E-state index contributed by atoms with van der Waals surface area (Å²) in [6.07, 6.45) is 4.21. The lowest BCUT2D eigenvalue weighted by Gasteiger charge is -2.18. The van der Waals surface area contributed by atoms with Crippen LogP contribution in [-0.4, -0.2) is 24.3 Å². The maximum absolute atomic E-state index is 5.42. The number of aromatic nitrogens is 5. The number of hydrogen-bond donors (Lipinski definition) is 0. The molecule has 0 aliphatic heterocycles. The van der Waals surface area contributed by atoms with Gasteiger partial charge in [-0.3, -0.25) is 0 Å². The zero-order chi connectivity index (χ0) is 40.3. The molecule has 0 fully saturated rings. The maximum Gasteiger partial charge on any atom is 0.160 e. The van der Waals surface area contributed by atoms with Crippen LogP contribution in [0.1, 0.15) is 0 Å². The summed E-state index contributed by atoms with van der Waals surface area (Å²) in [5.74, 6) is 0.680. The van der Waals surface area contributed by atoms with Crippen LogP contribution >= 0.6 is 0 Å². The number of fused-ring (bicyclic) bond motifs is 7. The number of nitrogens with zero attached hydrogens (tertiary/aromatic N) is 5. The summed E-state index contributed by atoms with van der Waals surface area (Å²) in [5, 5.41) is 7.89. The smallest absolute Gasteiger partial charge is 0.160 e. The molecule has 0 radical (unpaired) electrons. The summed E-state index contributed by atoms with van der Waals surface area (Å²) in [5.41, 5.74) is 12.5. The Morgan fingerprint density at radius 1 is 0.344 bits per heavy atom. The molecular weight excluding hydrogens is 743 g/mol. The second-order valence-electron chi connectivity index (χ2n) is 15.5. The van der Waals surface area contributed by atoms with Crippen LogP contribution in [-0.2, 0) is 0 Å². The van der Waals surface area contributed by atoms with Crippen LogP contribution in [0.2, 0.25) is 0 Å². The van der Waals surface area contributed by atoms with E-state index in [-0.39, 0.29) is 0 Å². The molecule has 61 heavy (non-hydrogen) atoms. The van der Waals surface area contributed by atoms with Gasteiger partial charge in [-0.25, -0.2) is 19.9 Å². The van der Waals surface area contributed by atoms with Gasteiger partial charge in [0.1, 0.15) is 5.65 Å². The second kappa shape index (κ2) is 14.2. The van der Waals surface area contributed by atoms with Gasteiger partial charge in [-0.05, 0) is 51.4 Å². The van der Waals surface area contributed by atoms with Gasteiger partial charge in [-0.15, -0.1) is 0 Å². The minimum Gasteiger partial charge on any atom is -0.306 e. The van der Waals surface area contributed by atoms with Crippen molar-refractivity contribution >= 4 is 48.9 Å². The minimum atomic E-state index is 0.680. The van der Waals surface area contributed by atoms with Crippen LogP contribution < -0.4 is 0 Å². The Morgan fingerprint density at radius 3 is 1.54 bits per heavy atom. The van der Waals surface area contributed by atoms with E-state index in [9.17, 15) is 0 Å². The first-order valence-corrected chi connectivity index (χ1v) is 20.5. The van der Waals surface area contributed by atoms with Crippen LogP contribution in [0.4, 0.5) is 0 Å². The Hall–Kier alpha value is -8.28. The number of rotatable bonds is 6. The molecule has 0 aliphatic rings. The van der Waals surface area contributed by atoms with Crippen LogP contribution in [0.15, 0.2) is 213 Å². The molecule has 4 aromatic heterocycles. The highest BCUT2D eigenvalue weighted by molar-refractivity contribution is 6.17. The molecule has 0 saturated heterocycles. The van der Waals surface area contributed by atoms with Gasteiger partial charge in [0.15, 0.2) is 5.82 Å². The normalized spacial score (nSPS) is 11.6. The predicted octanol–water partition coefficient (Wildman–Crippen LogP) is 14.1. The molecule has 284 valence electrons. The molecule has 0 spiro atoms. The SMILES string of the molecule is c1ccc(-c2cn3ccc4c(-c5ccc(-c6c(-c7ccc8ccccc8c7)nc(-c7ccccc7)nc6-c6ccc7ccccc7c6)cc5)nc5ccccc5c4c3n2)cc1. The fraction of sp³-hybridized carbons (Fsp3) is 0. The summed E-state index contributed by atoms with van der Waals surface area (Å²) < 4.78 is 2.13. The molecule has 0 unspecified atom stereocenters. The quantitative estimate of drug-likeness (QED) is 0.158. The van der Waals surface area contributed by atoms with Crippen molar-refractivity contribution in [2.24, 2.45) is 0 Å². The lowest BCUT2D eigenvalue weighted by atomic mass is 9.91. The first-order chi connectivity index (χ1) is 30.2. The van der Waals surface area contributed by atoms with E-state index in [1.165, 1.54) is 10.8 Å². The highest BCUT2D eigenvalue weighted by Gasteiger charge is 2.22. The molecule has 0 bridgehead atoms. The van der Waals surface area contributed by atoms with Crippen molar-refractivity contribution < 1.29 is 0 Å². The largest absolute Gasteiger partial charge is 0.306 e. The molecule has 5 nitrogen and oxygen atoms in total. The van der Waals surface area contributed by atoms with Crippen molar-refractivity contribution in [2.75, 3.05) is 0 Å². The van der Waals surface area contributed by atoms with Gasteiger partial charge in [0, 0.05) is 61.9 Å². The van der Waals surface area contributed by atoms with Crippen LogP contribution in [0.5, 0.6) is 0 Å². The Morgan fingerprint density at radius 2 is 0.885 bits per heavy atom. The van der Waals surface area contributed by atoms with Gasteiger partial charge in [-0.2, -0.15) is 0 Å². The molecule has 12 aromatic rings. The third-order valence-corrected chi connectivity index (χ3v) is 11.8. The zero-order valence-electron chi connectivity index (χ0n) is 32.9. The van der Waals surface area contributed by atoms with Gasteiger partial charge < -0.3 is 4.40 Å². The summed E-state index contributed by atoms with van der Waals surface area (Å²) in [6, 6.07) is 70.2. The first kappa shape index (κ1) is 34.7. The van der Waals surface area contributed by atoms with E-state index in [2.05, 4.69) is 193 Å². The van der Waals surface area contributed by atoms with E-state index >= 15 is 0 Å². The Labute approximate surface area is 351 Å². The number of para-hydroxylation sites is 1. The molecular formula is C56H35N5. The summed E-state index contributed by atoms with van der Waals surface area (Å²) in [6.45, 7) is 0. The molecule has 0 amide bonds. The van der Waals surface area contributed by atoms with Crippen molar-refractivity contribution in [1.82, 2.24) is 24.3 Å². The topological polar surface area (TPSA) is 56.0 Å². The molecule has 0 N–H and O–H groups in total. The molecule has 0 saturated carbocycles. The number of benzene rings is 8. The van der Waals surface area contributed by atoms with E-state index in [4.69, 9.17) is 19.9 Å². The molecule has 0 aliphatic carbocycles. The van der Waals surface area contributed by atoms with Gasteiger partial charge in [-0.1, -0.05) is 176 Å². The Bertz CT molecular complexity index is 3530. The van der Waals surface area contributed by atoms with E-state index in [0.717, 1.165) is 99.8 Å². The highest BCUT2D eigenvalue weighted by atomic mass is 15.0. The van der Waals surface area contributed by atoms with E-state index in [0.29, 0.717) is 5.82 Å². The second-order valence-corrected chi connectivity index (χ2v) is 15.5. The highest BCUT2D eigenvalue weighted by Crippen LogP contribution is 2.42. The van der Waals surface area contributed by atoms with Crippen LogP contribution in [0, 0.1) is 0 Å². The van der Waals surface area contributed by atoms with Crippen molar-refractivity contribution in [3.63, 3.8) is 0 Å². The lowest BCUT2D eigenvalue weighted by molar-refractivity contribution is 1.19. The molecule has 4 heterocycles. The third kappa shape index (κ3) is 6.02. The van der Waals surface area contributed by atoms with E-state index in [1.54, 1.807) is 0 Å². The molecule has 0 atom stereocenters. The zero-order valence-corrected chi connectivity index (χ0v) is 32.9. The van der Waals surface area contributed by atoms with Crippen LogP contribution in [0.3, 0.4) is 0 Å². The minimum absolute atomic E-state index is 0.680. The van der Waals surface area contributed by atoms with Crippen molar-refractivity contribution in [3.05, 3.63) is 213 Å². The number of imidazole rings is 1. The third-order valence-electron chi connectivity index (χ3n) is 11.8. The first-order valence-electron chi connectivity index (χ1n) is 20.5. The molecule has 8 aromatic carbocycles. The molecule has 12 rings (SSSR count). The van der Waals surface area contributed by atoms with E-state index < -0.39 is 0 Å². The monoisotopic (exact) mass is 777 g/mol. The van der Waals surface area contributed by atoms with Crippen molar-refractivity contribution in [2.45, 2.75) is 0 Å². The summed E-state index contributed by atoms with van der Waals surface area (Å²) in [4.78, 5) is 21.4. The van der Waals surface area contributed by atoms with E-state index in [1.807, 2.05) is 24.3 Å². The molecule has 5 heteroatoms. The van der Waals surface area contributed by atoms with Crippen LogP contribution in [0.25, 0.3) is 116 Å².